The number of fused-ring (bicyclic) bond motifs is 11. The Balaban J connectivity index is 1.44. The van der Waals surface area contributed by atoms with E-state index in [1.165, 1.54) is 49.6 Å². The van der Waals surface area contributed by atoms with Gasteiger partial charge in [-0.1, -0.05) is 145 Å². The minimum atomic E-state index is -3.28. The summed E-state index contributed by atoms with van der Waals surface area (Å²) in [5, 5.41) is 5.17. The first-order chi connectivity index (χ1) is 23.5. The molecule has 1 spiro atoms. The number of aryl methyl sites for hydroxylation is 2. The summed E-state index contributed by atoms with van der Waals surface area (Å²) in [5.41, 5.74) is 12.3. The van der Waals surface area contributed by atoms with Crippen LogP contribution in [0.2, 0.25) is 0 Å². The van der Waals surface area contributed by atoms with Gasteiger partial charge in [0.15, 0.2) is 7.14 Å². The number of nitrogens with zero attached hydrogens (tertiary/aromatic N) is 1. The largest absolute Gasteiger partial charge is 0.309 e. The molecule has 3 heteroatoms. The highest BCUT2D eigenvalue weighted by molar-refractivity contribution is 7.85. The molecule has 10 rings (SSSR count). The Kier molecular flexibility index (Phi) is 5.65. The topological polar surface area (TPSA) is 22.0 Å². The zero-order valence-electron chi connectivity index (χ0n) is 26.8. The average molecular weight is 634 g/mol. The lowest BCUT2D eigenvalue weighted by Gasteiger charge is -2.47. The maximum atomic E-state index is 16.2. The van der Waals surface area contributed by atoms with E-state index in [0.717, 1.165) is 38.3 Å². The Morgan fingerprint density at radius 3 is 1.98 bits per heavy atom. The first-order valence-corrected chi connectivity index (χ1v) is 18.3. The highest BCUT2D eigenvalue weighted by atomic mass is 31.2. The number of rotatable bonds is 2. The molecule has 2 atom stereocenters. The summed E-state index contributed by atoms with van der Waals surface area (Å²) in [5.74, 6) is 0. The van der Waals surface area contributed by atoms with Crippen LogP contribution in [0.15, 0.2) is 158 Å². The molecule has 0 aliphatic carbocycles. The fraction of sp³-hybridized carbons (Fsp3) is 0.0667. The molecule has 0 N–H and O–H groups in total. The Morgan fingerprint density at radius 2 is 1.15 bits per heavy atom. The zero-order chi connectivity index (χ0) is 32.2. The van der Waals surface area contributed by atoms with Gasteiger partial charge < -0.3 is 9.13 Å². The van der Waals surface area contributed by atoms with Crippen LogP contribution in [0.3, 0.4) is 0 Å². The molecular formula is C45H32NOP. The van der Waals surface area contributed by atoms with Crippen molar-refractivity contribution in [2.24, 2.45) is 0 Å². The van der Waals surface area contributed by atoms with Crippen molar-refractivity contribution in [2.45, 2.75) is 19.3 Å². The second-order valence-electron chi connectivity index (χ2n) is 13.4. The van der Waals surface area contributed by atoms with Gasteiger partial charge in [-0.25, -0.2) is 0 Å². The fourth-order valence-corrected chi connectivity index (χ4v) is 12.1. The van der Waals surface area contributed by atoms with Crippen LogP contribution < -0.4 is 15.9 Å². The molecule has 0 bridgehead atoms. The van der Waals surface area contributed by atoms with Gasteiger partial charge in [-0.2, -0.15) is 0 Å². The second-order valence-corrected chi connectivity index (χ2v) is 16.1. The molecule has 1 aromatic heterocycles. The van der Waals surface area contributed by atoms with Gasteiger partial charge in [0.05, 0.1) is 22.1 Å². The van der Waals surface area contributed by atoms with Gasteiger partial charge in [0.1, 0.15) is 0 Å². The molecule has 0 saturated heterocycles. The van der Waals surface area contributed by atoms with Gasteiger partial charge in [-0.15, -0.1) is 0 Å². The third-order valence-electron chi connectivity index (χ3n) is 10.7. The molecule has 2 aliphatic rings. The molecule has 0 radical (unpaired) electrons. The van der Waals surface area contributed by atoms with Gasteiger partial charge in [-0.3, -0.25) is 0 Å². The maximum Gasteiger partial charge on any atom is 0.171 e. The first-order valence-electron chi connectivity index (χ1n) is 16.6. The highest BCUT2D eigenvalue weighted by Crippen LogP contribution is 2.61. The van der Waals surface area contributed by atoms with E-state index in [-0.39, 0.29) is 0 Å². The van der Waals surface area contributed by atoms with Crippen molar-refractivity contribution >= 4 is 44.9 Å². The SMILES string of the molecule is Cc1cc(C)cc(-c2ccc3c(c2)C2(c4ccccc4-n4c5ccccc5c5cccc2c54)c2ccccc2P3(=O)c2ccccc2)c1. The summed E-state index contributed by atoms with van der Waals surface area (Å²) < 4.78 is 18.7. The number of benzene rings is 7. The first kappa shape index (κ1) is 27.7. The quantitative estimate of drug-likeness (QED) is 0.174. The molecule has 2 aliphatic heterocycles. The van der Waals surface area contributed by atoms with Crippen LogP contribution in [-0.2, 0) is 9.98 Å². The van der Waals surface area contributed by atoms with E-state index in [2.05, 4.69) is 146 Å². The van der Waals surface area contributed by atoms with Crippen LogP contribution in [0.1, 0.15) is 33.4 Å². The third-order valence-corrected chi connectivity index (χ3v) is 13.9. The fourth-order valence-electron chi connectivity index (χ4n) is 8.97. The van der Waals surface area contributed by atoms with E-state index in [9.17, 15) is 0 Å². The minimum Gasteiger partial charge on any atom is -0.309 e. The molecule has 7 aromatic carbocycles. The van der Waals surface area contributed by atoms with Crippen molar-refractivity contribution in [2.75, 3.05) is 0 Å². The molecule has 3 heterocycles. The average Bonchev–Trinajstić information content (AvgIpc) is 3.47. The van der Waals surface area contributed by atoms with Crippen molar-refractivity contribution in [3.63, 3.8) is 0 Å². The van der Waals surface area contributed by atoms with Gasteiger partial charge >= 0.3 is 0 Å². The lowest BCUT2D eigenvalue weighted by Crippen LogP contribution is -2.48. The van der Waals surface area contributed by atoms with Gasteiger partial charge in [-0.05, 0) is 71.5 Å². The second kappa shape index (κ2) is 9.80. The molecule has 48 heavy (non-hydrogen) atoms. The Morgan fingerprint density at radius 1 is 0.500 bits per heavy atom. The standard InChI is InChI=1S/C45H32NOP/c1-29-25-30(2)27-32(26-29)31-23-24-43-39(28-31)45(37-18-8-11-22-42(37)48(43,47)33-13-4-3-5-14-33)36-17-7-10-21-41(36)46-40-20-9-6-15-34(40)35-16-12-19-38(45)44(35)46/h3-28H,1-2H3. The Bertz CT molecular complexity index is 2660. The van der Waals surface area contributed by atoms with Crippen LogP contribution >= 0.6 is 7.14 Å². The monoisotopic (exact) mass is 633 g/mol. The number of hydrogen-bond acceptors (Lipinski definition) is 1. The van der Waals surface area contributed by atoms with E-state index in [4.69, 9.17) is 0 Å². The smallest absolute Gasteiger partial charge is 0.171 e. The van der Waals surface area contributed by atoms with Crippen LogP contribution in [-0.4, -0.2) is 4.57 Å². The van der Waals surface area contributed by atoms with Gasteiger partial charge in [0.25, 0.3) is 0 Å². The molecule has 0 saturated carbocycles. The minimum absolute atomic E-state index is 0.704. The van der Waals surface area contributed by atoms with Crippen molar-refractivity contribution in [1.82, 2.24) is 4.57 Å². The van der Waals surface area contributed by atoms with E-state index < -0.39 is 12.6 Å². The van der Waals surface area contributed by atoms with Crippen molar-refractivity contribution in [1.29, 1.82) is 0 Å². The van der Waals surface area contributed by atoms with Gasteiger partial charge in [0, 0.05) is 26.7 Å². The van der Waals surface area contributed by atoms with Crippen LogP contribution in [0.5, 0.6) is 0 Å². The summed E-state index contributed by atoms with van der Waals surface area (Å²) >= 11 is 0. The summed E-state index contributed by atoms with van der Waals surface area (Å²) in [6.45, 7) is 4.32. The van der Waals surface area contributed by atoms with Crippen LogP contribution in [0.4, 0.5) is 0 Å². The van der Waals surface area contributed by atoms with E-state index in [1.807, 2.05) is 30.3 Å². The summed E-state index contributed by atoms with van der Waals surface area (Å²) in [4.78, 5) is 0. The molecule has 2 unspecified atom stereocenters. The number of para-hydroxylation sites is 3. The predicted octanol–water partition coefficient (Wildman–Crippen LogP) is 9.72. The van der Waals surface area contributed by atoms with E-state index in [1.54, 1.807) is 0 Å². The van der Waals surface area contributed by atoms with Crippen molar-refractivity contribution < 1.29 is 4.57 Å². The molecular weight excluding hydrogens is 601 g/mol. The normalized spacial score (nSPS) is 18.9. The van der Waals surface area contributed by atoms with E-state index in [0.29, 0.717) is 0 Å². The van der Waals surface area contributed by atoms with Gasteiger partial charge in [0.2, 0.25) is 0 Å². The number of aromatic nitrogens is 1. The summed E-state index contributed by atoms with van der Waals surface area (Å²) in [6.07, 6.45) is 0. The lowest BCUT2D eigenvalue weighted by atomic mass is 9.62. The summed E-state index contributed by atoms with van der Waals surface area (Å²) in [7, 11) is -3.28. The third kappa shape index (κ3) is 3.41. The lowest BCUT2D eigenvalue weighted by molar-refractivity contribution is 0.590. The van der Waals surface area contributed by atoms with Crippen LogP contribution in [0, 0.1) is 13.8 Å². The maximum absolute atomic E-state index is 16.2. The molecule has 2 nitrogen and oxygen atoms in total. The Hall–Kier alpha value is -5.43. The van der Waals surface area contributed by atoms with Crippen molar-refractivity contribution in [3.05, 3.63) is 191 Å². The molecule has 0 fully saturated rings. The van der Waals surface area contributed by atoms with Crippen molar-refractivity contribution in [3.8, 4) is 16.8 Å². The number of hydrogen-bond donors (Lipinski definition) is 0. The Labute approximate surface area is 280 Å². The predicted molar refractivity (Wildman–Crippen MR) is 201 cm³/mol. The van der Waals surface area contributed by atoms with E-state index >= 15 is 4.57 Å². The molecule has 0 amide bonds. The van der Waals surface area contributed by atoms with Crippen LogP contribution in [0.25, 0.3) is 38.6 Å². The molecule has 8 aromatic rings. The zero-order valence-corrected chi connectivity index (χ0v) is 27.7. The highest BCUT2D eigenvalue weighted by Gasteiger charge is 2.54. The molecule has 228 valence electrons. The summed E-state index contributed by atoms with van der Waals surface area (Å²) in [6, 6.07) is 56.6.